The number of thiophene rings is 1. The Bertz CT molecular complexity index is 1340. The number of hydrogen-bond donors (Lipinski definition) is 0. The van der Waals surface area contributed by atoms with E-state index >= 15 is 0 Å². The van der Waals surface area contributed by atoms with Crippen LogP contribution in [0.3, 0.4) is 0 Å². The van der Waals surface area contributed by atoms with Crippen LogP contribution in [0, 0.1) is 6.92 Å². The largest absolute Gasteiger partial charge is 0.311 e. The molecule has 1 aliphatic heterocycles. The number of sulfonamides is 1. The van der Waals surface area contributed by atoms with Crippen LogP contribution in [0.4, 0.5) is 5.69 Å². The van der Waals surface area contributed by atoms with E-state index in [0.717, 1.165) is 15.3 Å². The third-order valence-electron chi connectivity index (χ3n) is 5.39. The summed E-state index contributed by atoms with van der Waals surface area (Å²) < 4.78 is 27.3. The van der Waals surface area contributed by atoms with Gasteiger partial charge in [-0.2, -0.15) is 5.10 Å². The number of rotatable bonds is 5. The lowest BCUT2D eigenvalue weighted by atomic mass is 10.0. The Balaban J connectivity index is 1.61. The Morgan fingerprint density at radius 1 is 1.16 bits per heavy atom. The number of amides is 1. The Hall–Kier alpha value is -2.82. The summed E-state index contributed by atoms with van der Waals surface area (Å²) >= 11 is 1.57. The van der Waals surface area contributed by atoms with Gasteiger partial charge in [0.1, 0.15) is 12.2 Å². The Morgan fingerprint density at radius 3 is 2.62 bits per heavy atom. The average Bonchev–Trinajstić information content (AvgIpc) is 3.20. The van der Waals surface area contributed by atoms with Gasteiger partial charge in [-0.1, -0.05) is 0 Å². The van der Waals surface area contributed by atoms with Crippen LogP contribution in [-0.4, -0.2) is 49.1 Å². The predicted octanol–water partition coefficient (Wildman–Crippen LogP) is 2.51. The van der Waals surface area contributed by atoms with Gasteiger partial charge in [0.05, 0.1) is 9.77 Å². The summed E-state index contributed by atoms with van der Waals surface area (Å²) in [7, 11) is -0.582. The molecule has 0 saturated heterocycles. The second kappa shape index (κ2) is 8.61. The Labute approximate surface area is 190 Å². The second-order valence-corrected chi connectivity index (χ2v) is 11.3. The van der Waals surface area contributed by atoms with Crippen LogP contribution in [0.15, 0.2) is 52.2 Å². The molecule has 3 heterocycles. The summed E-state index contributed by atoms with van der Waals surface area (Å²) in [6.07, 6.45) is 1.39. The number of hydrogen-bond acceptors (Lipinski definition) is 6. The highest BCUT2D eigenvalue weighted by molar-refractivity contribution is 7.89. The molecular weight excluding hydrogens is 448 g/mol. The van der Waals surface area contributed by atoms with Gasteiger partial charge in [-0.3, -0.25) is 9.59 Å². The lowest BCUT2D eigenvalue weighted by Crippen LogP contribution is -2.40. The molecule has 32 heavy (non-hydrogen) atoms. The van der Waals surface area contributed by atoms with Crippen LogP contribution >= 0.6 is 11.3 Å². The van der Waals surface area contributed by atoms with Crippen molar-refractivity contribution in [2.45, 2.75) is 31.2 Å². The Kier molecular flexibility index (Phi) is 6.02. The molecule has 0 fully saturated rings. The molecule has 1 aromatic carbocycles. The molecule has 168 valence electrons. The van der Waals surface area contributed by atoms with Crippen molar-refractivity contribution < 1.29 is 13.2 Å². The normalized spacial score (nSPS) is 13.9. The topological polar surface area (TPSA) is 92.6 Å². The first kappa shape index (κ1) is 22.4. The number of nitrogens with zero attached hydrogens (tertiary/aromatic N) is 4. The molecule has 0 radical (unpaired) electrons. The molecule has 8 nitrogen and oxygen atoms in total. The molecule has 4 rings (SSSR count). The first-order chi connectivity index (χ1) is 15.2. The smallest absolute Gasteiger partial charge is 0.267 e. The van der Waals surface area contributed by atoms with Crippen molar-refractivity contribution in [2.24, 2.45) is 0 Å². The van der Waals surface area contributed by atoms with E-state index in [9.17, 15) is 18.0 Å². The number of benzene rings is 1. The van der Waals surface area contributed by atoms with Gasteiger partial charge in [0.2, 0.25) is 15.9 Å². The van der Waals surface area contributed by atoms with Gasteiger partial charge < -0.3 is 4.90 Å². The predicted molar refractivity (Wildman–Crippen MR) is 125 cm³/mol. The standard InChI is InChI=1S/C22H24N4O4S2/c1-15-6-10-20(31-15)18-8-11-21(27)26(23-18)14-22(28)25-12-4-5-16-13-17(7-9-19(16)25)32(29,30)24(2)3/h6-11,13H,4-5,12,14H2,1-3H3. The third kappa shape index (κ3) is 4.25. The summed E-state index contributed by atoms with van der Waals surface area (Å²) in [5.74, 6) is -0.261. The number of aryl methyl sites for hydroxylation is 2. The quantitative estimate of drug-likeness (QED) is 0.569. The van der Waals surface area contributed by atoms with E-state index in [1.807, 2.05) is 19.1 Å². The molecule has 0 N–H and O–H groups in total. The maximum Gasteiger partial charge on any atom is 0.267 e. The van der Waals surface area contributed by atoms with Crippen molar-refractivity contribution in [3.05, 3.63) is 63.3 Å². The highest BCUT2D eigenvalue weighted by Gasteiger charge is 2.26. The van der Waals surface area contributed by atoms with Gasteiger partial charge in [0, 0.05) is 37.3 Å². The lowest BCUT2D eigenvalue weighted by molar-refractivity contribution is -0.119. The molecule has 2 aromatic heterocycles. The second-order valence-electron chi connectivity index (χ2n) is 7.85. The monoisotopic (exact) mass is 472 g/mol. The van der Waals surface area contributed by atoms with E-state index < -0.39 is 10.0 Å². The van der Waals surface area contributed by atoms with Gasteiger partial charge in [-0.05, 0) is 61.7 Å². The number of carbonyl (C=O) groups excluding carboxylic acids is 1. The maximum absolute atomic E-state index is 13.1. The van der Waals surface area contributed by atoms with E-state index in [1.165, 1.54) is 35.2 Å². The molecule has 0 unspecified atom stereocenters. The summed E-state index contributed by atoms with van der Waals surface area (Å²) in [5, 5.41) is 4.39. The molecule has 0 bridgehead atoms. The van der Waals surface area contributed by atoms with Crippen LogP contribution < -0.4 is 10.5 Å². The van der Waals surface area contributed by atoms with Crippen molar-refractivity contribution in [3.8, 4) is 10.6 Å². The van der Waals surface area contributed by atoms with E-state index in [4.69, 9.17) is 0 Å². The van der Waals surface area contributed by atoms with E-state index in [0.29, 0.717) is 30.8 Å². The molecule has 1 aliphatic rings. The van der Waals surface area contributed by atoms with Gasteiger partial charge >= 0.3 is 0 Å². The van der Waals surface area contributed by atoms with Gasteiger partial charge in [0.25, 0.3) is 5.56 Å². The average molecular weight is 473 g/mol. The van der Waals surface area contributed by atoms with Gasteiger partial charge in [-0.15, -0.1) is 11.3 Å². The SMILES string of the molecule is Cc1ccc(-c2ccc(=O)n(CC(=O)N3CCCc4cc(S(=O)(=O)N(C)C)ccc43)n2)s1. The van der Waals surface area contributed by atoms with E-state index in [2.05, 4.69) is 5.10 Å². The highest BCUT2D eigenvalue weighted by Crippen LogP contribution is 2.30. The molecule has 3 aromatic rings. The van der Waals surface area contributed by atoms with Crippen molar-refractivity contribution >= 4 is 33.0 Å². The molecule has 0 saturated carbocycles. The molecule has 0 aliphatic carbocycles. The highest BCUT2D eigenvalue weighted by atomic mass is 32.2. The third-order valence-corrected chi connectivity index (χ3v) is 8.23. The lowest BCUT2D eigenvalue weighted by Gasteiger charge is -2.30. The first-order valence-electron chi connectivity index (χ1n) is 10.2. The minimum Gasteiger partial charge on any atom is -0.311 e. The fourth-order valence-electron chi connectivity index (χ4n) is 3.68. The zero-order chi connectivity index (χ0) is 23.0. The molecular formula is C22H24N4O4S2. The zero-order valence-electron chi connectivity index (χ0n) is 18.1. The van der Waals surface area contributed by atoms with Gasteiger partial charge in [-0.25, -0.2) is 17.4 Å². The van der Waals surface area contributed by atoms with Crippen LogP contribution in [0.5, 0.6) is 0 Å². The van der Waals surface area contributed by atoms with Gasteiger partial charge in [0.15, 0.2) is 0 Å². The van der Waals surface area contributed by atoms with Crippen LogP contribution in [-0.2, 0) is 27.8 Å². The van der Waals surface area contributed by atoms with Crippen molar-refractivity contribution in [1.82, 2.24) is 14.1 Å². The number of carbonyl (C=O) groups is 1. The molecule has 0 spiro atoms. The Morgan fingerprint density at radius 2 is 1.94 bits per heavy atom. The van der Waals surface area contributed by atoms with Crippen LogP contribution in [0.2, 0.25) is 0 Å². The number of anilines is 1. The molecule has 0 atom stereocenters. The fraction of sp³-hybridized carbons (Fsp3) is 0.318. The van der Waals surface area contributed by atoms with Crippen molar-refractivity contribution in [2.75, 3.05) is 25.5 Å². The summed E-state index contributed by atoms with van der Waals surface area (Å²) in [6.45, 7) is 2.31. The fourth-order valence-corrected chi connectivity index (χ4v) is 5.47. The van der Waals surface area contributed by atoms with Crippen LogP contribution in [0.25, 0.3) is 10.6 Å². The van der Waals surface area contributed by atoms with E-state index in [1.54, 1.807) is 34.4 Å². The summed E-state index contributed by atoms with van der Waals surface area (Å²) in [4.78, 5) is 29.4. The van der Waals surface area contributed by atoms with Crippen LogP contribution in [0.1, 0.15) is 16.9 Å². The van der Waals surface area contributed by atoms with Crippen molar-refractivity contribution in [1.29, 1.82) is 0 Å². The molecule has 10 heteroatoms. The van der Waals surface area contributed by atoms with E-state index in [-0.39, 0.29) is 22.9 Å². The zero-order valence-corrected chi connectivity index (χ0v) is 19.7. The minimum atomic E-state index is -3.56. The maximum atomic E-state index is 13.1. The molecule has 1 amide bonds. The van der Waals surface area contributed by atoms with Crippen molar-refractivity contribution in [3.63, 3.8) is 0 Å². The minimum absolute atomic E-state index is 0.186. The first-order valence-corrected chi connectivity index (χ1v) is 12.4. The number of fused-ring (bicyclic) bond motifs is 1. The summed E-state index contributed by atoms with van der Waals surface area (Å²) in [5.41, 5.74) is 1.78. The number of aromatic nitrogens is 2. The summed E-state index contributed by atoms with van der Waals surface area (Å²) in [6, 6.07) is 11.8.